The summed E-state index contributed by atoms with van der Waals surface area (Å²) in [6, 6.07) is 2.22. The summed E-state index contributed by atoms with van der Waals surface area (Å²) in [7, 11) is 1.66. The molecule has 0 saturated carbocycles. The molecule has 0 spiro atoms. The van der Waals surface area contributed by atoms with E-state index in [2.05, 4.69) is 15.7 Å². The van der Waals surface area contributed by atoms with Crippen molar-refractivity contribution in [2.75, 3.05) is 13.7 Å². The number of nitrogens with two attached hydrogens (primary N) is 1. The van der Waals surface area contributed by atoms with Crippen LogP contribution in [0.5, 0.6) is 0 Å². The molecule has 0 aliphatic heterocycles. The summed E-state index contributed by atoms with van der Waals surface area (Å²) in [6.45, 7) is 3.24. The average molecular weight is 227 g/mol. The number of thiophene rings is 1. The number of rotatable bonds is 5. The summed E-state index contributed by atoms with van der Waals surface area (Å²) in [6.07, 6.45) is 0. The molecule has 0 aliphatic rings. The molecule has 0 saturated heterocycles. The van der Waals surface area contributed by atoms with E-state index in [4.69, 9.17) is 10.5 Å². The lowest BCUT2D eigenvalue weighted by atomic mass is 10.3. The average Bonchev–Trinajstić information content (AvgIpc) is 2.67. The highest BCUT2D eigenvalue weighted by Crippen LogP contribution is 2.06. The first-order chi connectivity index (χ1) is 7.22. The lowest BCUT2D eigenvalue weighted by Gasteiger charge is -2.12. The number of nitrogens with zero attached hydrogens (tertiary/aromatic N) is 1. The van der Waals surface area contributed by atoms with Crippen LogP contribution in [0.4, 0.5) is 0 Å². The molecule has 84 valence electrons. The Kier molecular flexibility index (Phi) is 5.14. The molecular formula is C10H17N3OS. The fraction of sp³-hybridized carbons (Fsp3) is 0.500. The number of aliphatic imine (C=N–C) groups is 1. The Morgan fingerprint density at radius 1 is 1.73 bits per heavy atom. The van der Waals surface area contributed by atoms with Gasteiger partial charge in [-0.15, -0.1) is 0 Å². The van der Waals surface area contributed by atoms with E-state index in [1.807, 2.05) is 18.4 Å². The topological polar surface area (TPSA) is 59.6 Å². The lowest BCUT2D eigenvalue weighted by Crippen LogP contribution is -2.40. The van der Waals surface area contributed by atoms with Gasteiger partial charge in [0.15, 0.2) is 5.96 Å². The molecule has 15 heavy (non-hydrogen) atoms. The summed E-state index contributed by atoms with van der Waals surface area (Å²) >= 11 is 1.66. The van der Waals surface area contributed by atoms with Gasteiger partial charge in [0.25, 0.3) is 0 Å². The number of ether oxygens (including phenoxy) is 1. The van der Waals surface area contributed by atoms with Crippen LogP contribution in [0.25, 0.3) is 0 Å². The fourth-order valence-corrected chi connectivity index (χ4v) is 1.81. The third-order valence-corrected chi connectivity index (χ3v) is 2.56. The predicted molar refractivity (Wildman–Crippen MR) is 64.1 cm³/mol. The van der Waals surface area contributed by atoms with Gasteiger partial charge in [0.2, 0.25) is 0 Å². The maximum atomic E-state index is 5.71. The van der Waals surface area contributed by atoms with Gasteiger partial charge in [-0.05, 0) is 29.3 Å². The van der Waals surface area contributed by atoms with E-state index < -0.39 is 0 Å². The fourth-order valence-electron chi connectivity index (χ4n) is 1.15. The van der Waals surface area contributed by atoms with E-state index in [1.165, 1.54) is 5.56 Å². The van der Waals surface area contributed by atoms with Gasteiger partial charge in [-0.25, -0.2) is 4.99 Å². The van der Waals surface area contributed by atoms with Crippen LogP contribution in [-0.2, 0) is 11.3 Å². The Morgan fingerprint density at radius 2 is 2.53 bits per heavy atom. The minimum Gasteiger partial charge on any atom is -0.383 e. The summed E-state index contributed by atoms with van der Waals surface area (Å²) in [4.78, 5) is 4.22. The van der Waals surface area contributed by atoms with E-state index in [9.17, 15) is 0 Å². The highest BCUT2D eigenvalue weighted by Gasteiger charge is 2.01. The minimum absolute atomic E-state index is 0.182. The molecule has 3 N–H and O–H groups in total. The summed E-state index contributed by atoms with van der Waals surface area (Å²) in [5, 5.41) is 7.14. The Labute approximate surface area is 94.2 Å². The SMILES string of the molecule is COCC(C)NC(N)=NCc1ccsc1. The second-order valence-corrected chi connectivity index (χ2v) is 4.11. The molecule has 1 aromatic heterocycles. The molecular weight excluding hydrogens is 210 g/mol. The van der Waals surface area contributed by atoms with Gasteiger partial charge in [-0.1, -0.05) is 0 Å². The Morgan fingerprint density at radius 3 is 3.13 bits per heavy atom. The molecule has 0 bridgehead atoms. The van der Waals surface area contributed by atoms with Gasteiger partial charge in [-0.2, -0.15) is 11.3 Å². The van der Waals surface area contributed by atoms with Crippen LogP contribution in [0, 0.1) is 0 Å². The predicted octanol–water partition coefficient (Wildman–Crippen LogP) is 1.19. The van der Waals surface area contributed by atoms with Crippen LogP contribution in [0.1, 0.15) is 12.5 Å². The molecule has 0 aromatic carbocycles. The zero-order valence-corrected chi connectivity index (χ0v) is 9.88. The van der Waals surface area contributed by atoms with Crippen LogP contribution in [-0.4, -0.2) is 25.7 Å². The van der Waals surface area contributed by atoms with Gasteiger partial charge >= 0.3 is 0 Å². The Hall–Kier alpha value is -1.07. The first-order valence-corrected chi connectivity index (χ1v) is 5.73. The van der Waals surface area contributed by atoms with Gasteiger partial charge < -0.3 is 15.8 Å². The molecule has 0 fully saturated rings. The molecule has 1 unspecified atom stereocenters. The van der Waals surface area contributed by atoms with Crippen LogP contribution in [0.2, 0.25) is 0 Å². The number of hydrogen-bond acceptors (Lipinski definition) is 3. The number of hydrogen-bond donors (Lipinski definition) is 2. The third kappa shape index (κ3) is 4.80. The summed E-state index contributed by atoms with van der Waals surface area (Å²) in [5.74, 6) is 0.464. The van der Waals surface area contributed by atoms with Crippen molar-refractivity contribution in [3.05, 3.63) is 22.4 Å². The van der Waals surface area contributed by atoms with Crippen LogP contribution < -0.4 is 11.1 Å². The number of methoxy groups -OCH3 is 1. The van der Waals surface area contributed by atoms with E-state index in [0.29, 0.717) is 19.1 Å². The molecule has 5 heteroatoms. The van der Waals surface area contributed by atoms with Crippen molar-refractivity contribution >= 4 is 17.3 Å². The Balaban J connectivity index is 2.33. The molecule has 0 aliphatic carbocycles. The third-order valence-electron chi connectivity index (χ3n) is 1.82. The highest BCUT2D eigenvalue weighted by molar-refractivity contribution is 7.07. The highest BCUT2D eigenvalue weighted by atomic mass is 32.1. The zero-order chi connectivity index (χ0) is 11.1. The van der Waals surface area contributed by atoms with Crippen molar-refractivity contribution in [2.24, 2.45) is 10.7 Å². The molecule has 1 rings (SSSR count). The summed E-state index contributed by atoms with van der Waals surface area (Å²) in [5.41, 5.74) is 6.89. The number of guanidine groups is 1. The minimum atomic E-state index is 0.182. The second kappa shape index (κ2) is 6.42. The van der Waals surface area contributed by atoms with Crippen LogP contribution in [0.15, 0.2) is 21.8 Å². The van der Waals surface area contributed by atoms with E-state index in [1.54, 1.807) is 18.4 Å². The molecule has 1 heterocycles. The van der Waals surface area contributed by atoms with E-state index in [-0.39, 0.29) is 6.04 Å². The maximum Gasteiger partial charge on any atom is 0.189 e. The molecule has 1 atom stereocenters. The second-order valence-electron chi connectivity index (χ2n) is 3.33. The first kappa shape index (κ1) is 12.0. The van der Waals surface area contributed by atoms with Gasteiger partial charge in [0, 0.05) is 13.2 Å². The molecule has 1 aromatic rings. The van der Waals surface area contributed by atoms with Crippen molar-refractivity contribution < 1.29 is 4.74 Å². The molecule has 0 radical (unpaired) electrons. The van der Waals surface area contributed by atoms with Gasteiger partial charge in [0.05, 0.1) is 13.2 Å². The van der Waals surface area contributed by atoms with E-state index in [0.717, 1.165) is 0 Å². The largest absolute Gasteiger partial charge is 0.383 e. The van der Waals surface area contributed by atoms with Crippen molar-refractivity contribution in [1.82, 2.24) is 5.32 Å². The van der Waals surface area contributed by atoms with Crippen LogP contribution >= 0.6 is 11.3 Å². The lowest BCUT2D eigenvalue weighted by molar-refractivity contribution is 0.179. The monoisotopic (exact) mass is 227 g/mol. The maximum absolute atomic E-state index is 5.71. The van der Waals surface area contributed by atoms with Gasteiger partial charge in [0.1, 0.15) is 0 Å². The smallest absolute Gasteiger partial charge is 0.189 e. The zero-order valence-electron chi connectivity index (χ0n) is 9.06. The van der Waals surface area contributed by atoms with Gasteiger partial charge in [-0.3, -0.25) is 0 Å². The summed E-state index contributed by atoms with van der Waals surface area (Å²) < 4.78 is 4.98. The van der Waals surface area contributed by atoms with Crippen molar-refractivity contribution in [2.45, 2.75) is 19.5 Å². The standard InChI is InChI=1S/C10H17N3OS/c1-8(6-14-2)13-10(11)12-5-9-3-4-15-7-9/h3-4,7-8H,5-6H2,1-2H3,(H3,11,12,13). The molecule has 0 amide bonds. The first-order valence-electron chi connectivity index (χ1n) is 4.79. The van der Waals surface area contributed by atoms with Crippen molar-refractivity contribution in [3.63, 3.8) is 0 Å². The number of nitrogens with one attached hydrogen (secondary N) is 1. The van der Waals surface area contributed by atoms with Crippen molar-refractivity contribution in [1.29, 1.82) is 0 Å². The van der Waals surface area contributed by atoms with Crippen molar-refractivity contribution in [3.8, 4) is 0 Å². The van der Waals surface area contributed by atoms with E-state index >= 15 is 0 Å². The Bertz CT molecular complexity index is 298. The normalized spacial score (nSPS) is 13.9. The van der Waals surface area contributed by atoms with Crippen LogP contribution in [0.3, 0.4) is 0 Å². The molecule has 4 nitrogen and oxygen atoms in total. The quantitative estimate of drug-likeness (QED) is 0.587.